The Morgan fingerprint density at radius 1 is 1.30 bits per heavy atom. The molecule has 0 saturated carbocycles. The van der Waals surface area contributed by atoms with Gasteiger partial charge in [0.05, 0.1) is 3.26 Å². The van der Waals surface area contributed by atoms with E-state index in [0.717, 1.165) is 3.53 Å². The molecule has 0 nitrogen and oxygen atoms in total. The molecular formula is C6H11IS3. The summed E-state index contributed by atoms with van der Waals surface area (Å²) in [5.74, 6) is 0. The molecule has 0 amide bonds. The highest BCUT2D eigenvalue weighted by molar-refractivity contribution is 14.1. The Morgan fingerprint density at radius 2 is 1.80 bits per heavy atom. The van der Waals surface area contributed by atoms with Crippen molar-refractivity contribution in [3.05, 3.63) is 0 Å². The zero-order chi connectivity index (χ0) is 8.15. The Kier molecular flexibility index (Phi) is 7.01. The summed E-state index contributed by atoms with van der Waals surface area (Å²) in [4.78, 5) is 0. The normalized spacial score (nSPS) is 13.7. The Labute approximate surface area is 90.4 Å². The zero-order valence-corrected chi connectivity index (χ0v) is 10.9. The highest BCUT2D eigenvalue weighted by atomic mass is 127. The summed E-state index contributed by atoms with van der Waals surface area (Å²) in [5, 5.41) is 0.621. The second-order valence-corrected chi connectivity index (χ2v) is 8.91. The maximum atomic E-state index is 5.13. The van der Waals surface area contributed by atoms with Crippen LogP contribution in [0.2, 0.25) is 0 Å². The first kappa shape index (κ1) is 11.5. The summed E-state index contributed by atoms with van der Waals surface area (Å²) in [6, 6.07) is 0. The summed E-state index contributed by atoms with van der Waals surface area (Å²) in [7, 11) is 0. The lowest BCUT2D eigenvalue weighted by atomic mass is 10.6. The molecule has 0 aliphatic carbocycles. The van der Waals surface area contributed by atoms with Crippen LogP contribution >= 0.6 is 58.3 Å². The molecular weight excluding hydrogens is 295 g/mol. The molecule has 0 saturated heterocycles. The van der Waals surface area contributed by atoms with E-state index >= 15 is 0 Å². The van der Waals surface area contributed by atoms with Crippen LogP contribution in [0.3, 0.4) is 0 Å². The highest BCUT2D eigenvalue weighted by Gasteiger charge is 2.04. The van der Waals surface area contributed by atoms with Gasteiger partial charge in [0.25, 0.3) is 0 Å². The van der Waals surface area contributed by atoms with Crippen molar-refractivity contribution in [1.29, 1.82) is 0 Å². The van der Waals surface area contributed by atoms with Gasteiger partial charge in [0, 0.05) is 5.25 Å². The lowest BCUT2D eigenvalue weighted by Gasteiger charge is -2.06. The molecule has 0 bridgehead atoms. The van der Waals surface area contributed by atoms with Gasteiger partial charge < -0.3 is 0 Å². The van der Waals surface area contributed by atoms with Crippen molar-refractivity contribution >= 4 is 61.9 Å². The van der Waals surface area contributed by atoms with Gasteiger partial charge in [0.15, 0.2) is 0 Å². The highest BCUT2D eigenvalue weighted by Crippen LogP contribution is 2.27. The first-order chi connectivity index (χ1) is 4.52. The lowest BCUT2D eigenvalue weighted by Crippen LogP contribution is -1.93. The van der Waals surface area contributed by atoms with Crippen molar-refractivity contribution in [1.82, 2.24) is 0 Å². The summed E-state index contributed by atoms with van der Waals surface area (Å²) < 4.78 is 1.66. The number of thiocarbonyl (C=S) groups is 1. The predicted octanol–water partition coefficient (Wildman–Crippen LogP) is 3.93. The van der Waals surface area contributed by atoms with E-state index in [1.807, 2.05) is 0 Å². The third-order valence-corrected chi connectivity index (χ3v) is 3.69. The Balaban J connectivity index is 3.44. The largest absolute Gasteiger partial charge is 0.105 e. The van der Waals surface area contributed by atoms with Crippen LogP contribution in [0.25, 0.3) is 0 Å². The van der Waals surface area contributed by atoms with Gasteiger partial charge in [0.2, 0.25) is 0 Å². The quantitative estimate of drug-likeness (QED) is 0.431. The number of hydrogen-bond donors (Lipinski definition) is 0. The van der Waals surface area contributed by atoms with Crippen LogP contribution in [0.15, 0.2) is 0 Å². The van der Waals surface area contributed by atoms with Gasteiger partial charge in [-0.05, 0) is 6.92 Å². The van der Waals surface area contributed by atoms with Crippen LogP contribution in [0.1, 0.15) is 20.8 Å². The molecule has 1 atom stereocenters. The van der Waals surface area contributed by atoms with Crippen LogP contribution in [-0.2, 0) is 0 Å². The molecule has 0 heterocycles. The second-order valence-electron chi connectivity index (χ2n) is 2.08. The fourth-order valence-corrected chi connectivity index (χ4v) is 5.04. The zero-order valence-electron chi connectivity index (χ0n) is 6.26. The van der Waals surface area contributed by atoms with Crippen LogP contribution in [0.4, 0.5) is 0 Å². The maximum Gasteiger partial charge on any atom is 0.105 e. The van der Waals surface area contributed by atoms with Gasteiger partial charge in [-0.25, -0.2) is 0 Å². The Morgan fingerprint density at radius 3 is 2.10 bits per heavy atom. The first-order valence-corrected chi connectivity index (χ1v) is 6.45. The fraction of sp³-hybridized carbons (Fsp3) is 0.833. The van der Waals surface area contributed by atoms with E-state index in [2.05, 4.69) is 43.4 Å². The van der Waals surface area contributed by atoms with E-state index in [1.165, 1.54) is 0 Å². The van der Waals surface area contributed by atoms with Crippen LogP contribution in [0.5, 0.6) is 0 Å². The van der Waals surface area contributed by atoms with Gasteiger partial charge in [-0.3, -0.25) is 0 Å². The molecule has 0 aromatic rings. The number of rotatable bonds is 2. The van der Waals surface area contributed by atoms with Crippen LogP contribution < -0.4 is 0 Å². The van der Waals surface area contributed by atoms with E-state index in [0.29, 0.717) is 8.51 Å². The summed E-state index contributed by atoms with van der Waals surface area (Å²) in [6.07, 6.45) is 0. The molecule has 0 aliphatic heterocycles. The molecule has 60 valence electrons. The Bertz CT molecular complexity index is 99.6. The molecule has 10 heavy (non-hydrogen) atoms. The van der Waals surface area contributed by atoms with Gasteiger partial charge in [-0.2, -0.15) is 0 Å². The summed E-state index contributed by atoms with van der Waals surface area (Å²) in [6.45, 7) is 6.48. The van der Waals surface area contributed by atoms with Crippen LogP contribution in [-0.4, -0.2) is 12.0 Å². The van der Waals surface area contributed by atoms with Gasteiger partial charge in [-0.15, -0.1) is 11.8 Å². The number of hydrogen-bond acceptors (Lipinski definition) is 3. The van der Waals surface area contributed by atoms with Crippen molar-refractivity contribution in [2.45, 2.75) is 29.3 Å². The van der Waals surface area contributed by atoms with E-state index in [1.54, 1.807) is 23.5 Å². The fourth-order valence-electron chi connectivity index (χ4n) is 0.353. The molecule has 0 N–H and O–H groups in total. The maximum absolute atomic E-state index is 5.13. The molecule has 0 spiro atoms. The van der Waals surface area contributed by atoms with Crippen molar-refractivity contribution in [3.63, 3.8) is 0 Å². The van der Waals surface area contributed by atoms with Crippen molar-refractivity contribution < 1.29 is 0 Å². The van der Waals surface area contributed by atoms with E-state index in [-0.39, 0.29) is 0 Å². The molecule has 0 aromatic heterocycles. The smallest absolute Gasteiger partial charge is 0.105 e. The van der Waals surface area contributed by atoms with Gasteiger partial charge in [0.1, 0.15) is 3.53 Å². The van der Waals surface area contributed by atoms with Crippen LogP contribution in [0, 0.1) is 0 Å². The van der Waals surface area contributed by atoms with Crippen molar-refractivity contribution in [2.24, 2.45) is 0 Å². The standard InChI is InChI=1S/C6H11IS3/c1-4(2)9-6(8)10-5(3)7/h4-5H,1-3H3. The topological polar surface area (TPSA) is 0 Å². The average molecular weight is 306 g/mol. The third kappa shape index (κ3) is 7.63. The Hall–Kier alpha value is 1.52. The summed E-state index contributed by atoms with van der Waals surface area (Å²) in [5.41, 5.74) is 0. The molecule has 0 fully saturated rings. The van der Waals surface area contributed by atoms with E-state index in [4.69, 9.17) is 12.2 Å². The molecule has 1 unspecified atom stereocenters. The molecule has 0 aromatic carbocycles. The van der Waals surface area contributed by atoms with Crippen molar-refractivity contribution in [2.75, 3.05) is 0 Å². The number of thioether (sulfide) groups is 2. The van der Waals surface area contributed by atoms with E-state index < -0.39 is 0 Å². The average Bonchev–Trinajstić information content (AvgIpc) is 1.58. The predicted molar refractivity (Wildman–Crippen MR) is 66.4 cm³/mol. The molecule has 0 aliphatic rings. The van der Waals surface area contributed by atoms with Gasteiger partial charge >= 0.3 is 0 Å². The minimum atomic E-state index is 0.594. The minimum absolute atomic E-state index is 0.594. The number of halogens is 1. The second kappa shape index (κ2) is 6.08. The SMILES string of the molecule is CC(C)SC(=S)SC(C)I. The minimum Gasteiger partial charge on any atom is -0.105 e. The molecule has 0 radical (unpaired) electrons. The molecule has 0 rings (SSSR count). The summed E-state index contributed by atoms with van der Waals surface area (Å²) >= 11 is 11.0. The monoisotopic (exact) mass is 306 g/mol. The molecule has 4 heteroatoms. The first-order valence-electron chi connectivity index (χ1n) is 3.03. The lowest BCUT2D eigenvalue weighted by molar-refractivity contribution is 1.12. The number of alkyl halides is 1. The van der Waals surface area contributed by atoms with Crippen molar-refractivity contribution in [3.8, 4) is 0 Å². The third-order valence-electron chi connectivity index (χ3n) is 0.591. The van der Waals surface area contributed by atoms with E-state index in [9.17, 15) is 0 Å². The van der Waals surface area contributed by atoms with Gasteiger partial charge in [-0.1, -0.05) is 60.4 Å².